The van der Waals surface area contributed by atoms with Crippen LogP contribution in [0.5, 0.6) is 0 Å². The van der Waals surface area contributed by atoms with E-state index in [1.54, 1.807) is 6.20 Å². The van der Waals surface area contributed by atoms with Gasteiger partial charge in [0, 0.05) is 30.3 Å². The van der Waals surface area contributed by atoms with E-state index in [1.807, 2.05) is 18.2 Å². The van der Waals surface area contributed by atoms with Crippen LogP contribution in [-0.4, -0.2) is 16.7 Å². The summed E-state index contributed by atoms with van der Waals surface area (Å²) in [5.74, 6) is 0. The van der Waals surface area contributed by atoms with Crippen LogP contribution in [0.2, 0.25) is 4.47 Å². The smallest absolute Gasteiger partial charge is 0.183 e. The third kappa shape index (κ3) is 4.58. The molecule has 19 heavy (non-hydrogen) atoms. The Morgan fingerprint density at radius 3 is 2.74 bits per heavy atom. The van der Waals surface area contributed by atoms with Crippen LogP contribution in [-0.2, 0) is 6.54 Å². The summed E-state index contributed by atoms with van der Waals surface area (Å²) in [6, 6.07) is 10.5. The molecule has 0 aliphatic carbocycles. The zero-order valence-electron chi connectivity index (χ0n) is 10.6. The zero-order valence-corrected chi connectivity index (χ0v) is 12.1. The summed E-state index contributed by atoms with van der Waals surface area (Å²) in [6.45, 7) is 0.965. The standard InChI is InChI=1S/C14H17ClN2OS/c15-14-17-10-12(19-14)9-16-13(7-4-8-18)11-5-2-1-3-6-11/h1-3,5-6,10,13,16,18H,4,7-9H2. The van der Waals surface area contributed by atoms with Crippen LogP contribution in [0.15, 0.2) is 36.5 Å². The van der Waals surface area contributed by atoms with Crippen molar-refractivity contribution in [3.05, 3.63) is 51.4 Å². The van der Waals surface area contributed by atoms with Crippen molar-refractivity contribution < 1.29 is 5.11 Å². The number of nitrogens with one attached hydrogen (secondary N) is 1. The predicted molar refractivity (Wildman–Crippen MR) is 79.5 cm³/mol. The van der Waals surface area contributed by atoms with E-state index in [4.69, 9.17) is 16.7 Å². The Kier molecular flexibility index (Phi) is 5.79. The van der Waals surface area contributed by atoms with E-state index in [0.29, 0.717) is 4.47 Å². The SMILES string of the molecule is OCCCC(NCc1cnc(Cl)s1)c1ccccc1. The molecule has 5 heteroatoms. The molecule has 0 aliphatic rings. The number of aliphatic hydroxyl groups is 1. The number of benzene rings is 1. The third-order valence-electron chi connectivity index (χ3n) is 2.90. The number of halogens is 1. The van der Waals surface area contributed by atoms with Crippen LogP contribution in [0.3, 0.4) is 0 Å². The van der Waals surface area contributed by atoms with Gasteiger partial charge in [0.05, 0.1) is 0 Å². The van der Waals surface area contributed by atoms with Crippen LogP contribution < -0.4 is 5.32 Å². The lowest BCUT2D eigenvalue weighted by atomic mass is 10.0. The summed E-state index contributed by atoms with van der Waals surface area (Å²) in [5.41, 5.74) is 1.24. The molecule has 0 radical (unpaired) electrons. The lowest BCUT2D eigenvalue weighted by Crippen LogP contribution is -2.20. The van der Waals surface area contributed by atoms with Gasteiger partial charge >= 0.3 is 0 Å². The topological polar surface area (TPSA) is 45.1 Å². The van der Waals surface area contributed by atoms with Gasteiger partial charge in [0.2, 0.25) is 0 Å². The second-order valence-corrected chi connectivity index (χ2v) is 5.99. The Hall–Kier alpha value is -0.940. The van der Waals surface area contributed by atoms with Gasteiger partial charge in [-0.25, -0.2) is 4.98 Å². The first-order valence-corrected chi connectivity index (χ1v) is 7.48. The summed E-state index contributed by atoms with van der Waals surface area (Å²) >= 11 is 7.31. The highest BCUT2D eigenvalue weighted by Gasteiger charge is 2.11. The molecule has 1 atom stereocenters. The van der Waals surface area contributed by atoms with Crippen LogP contribution in [0.1, 0.15) is 29.3 Å². The van der Waals surface area contributed by atoms with Gasteiger partial charge in [-0.1, -0.05) is 41.9 Å². The molecule has 0 bridgehead atoms. The van der Waals surface area contributed by atoms with E-state index in [1.165, 1.54) is 16.9 Å². The zero-order chi connectivity index (χ0) is 13.5. The third-order valence-corrected chi connectivity index (χ3v) is 4.02. The number of aliphatic hydroxyl groups excluding tert-OH is 1. The van der Waals surface area contributed by atoms with Gasteiger partial charge in [0.15, 0.2) is 4.47 Å². The molecule has 3 nitrogen and oxygen atoms in total. The van der Waals surface area contributed by atoms with Gasteiger partial charge in [-0.3, -0.25) is 0 Å². The van der Waals surface area contributed by atoms with Crippen molar-refractivity contribution in [2.45, 2.75) is 25.4 Å². The summed E-state index contributed by atoms with van der Waals surface area (Å²) in [6.07, 6.45) is 3.50. The maximum absolute atomic E-state index is 9.00. The van der Waals surface area contributed by atoms with Gasteiger partial charge < -0.3 is 10.4 Å². The molecule has 0 fully saturated rings. The van der Waals surface area contributed by atoms with Gasteiger partial charge in [0.1, 0.15) is 0 Å². The van der Waals surface area contributed by atoms with Gasteiger partial charge in [0.25, 0.3) is 0 Å². The Balaban J connectivity index is 1.97. The first-order chi connectivity index (χ1) is 9.29. The molecule has 0 amide bonds. The van der Waals surface area contributed by atoms with Gasteiger partial charge in [-0.2, -0.15) is 0 Å². The van der Waals surface area contributed by atoms with E-state index in [2.05, 4.69) is 22.4 Å². The molecule has 1 heterocycles. The predicted octanol–water partition coefficient (Wildman–Crippen LogP) is 3.40. The van der Waals surface area contributed by atoms with E-state index in [9.17, 15) is 0 Å². The molecule has 2 aromatic rings. The molecule has 0 saturated heterocycles. The number of aromatic nitrogens is 1. The molecule has 1 aromatic carbocycles. The number of hydrogen-bond acceptors (Lipinski definition) is 4. The van der Waals surface area contributed by atoms with E-state index >= 15 is 0 Å². The highest BCUT2D eigenvalue weighted by atomic mass is 35.5. The first kappa shape index (κ1) is 14.5. The molecule has 0 saturated carbocycles. The second kappa shape index (κ2) is 7.60. The lowest BCUT2D eigenvalue weighted by molar-refractivity contribution is 0.275. The van der Waals surface area contributed by atoms with Crippen LogP contribution in [0, 0.1) is 0 Å². The molecule has 0 spiro atoms. The Bertz CT molecular complexity index is 489. The van der Waals surface area contributed by atoms with Crippen LogP contribution >= 0.6 is 22.9 Å². The fourth-order valence-electron chi connectivity index (χ4n) is 1.96. The van der Waals surface area contributed by atoms with Crippen molar-refractivity contribution in [3.63, 3.8) is 0 Å². The minimum Gasteiger partial charge on any atom is -0.396 e. The molecular weight excluding hydrogens is 280 g/mol. The molecule has 2 N–H and O–H groups in total. The minimum absolute atomic E-state index is 0.220. The Morgan fingerprint density at radius 2 is 2.11 bits per heavy atom. The maximum Gasteiger partial charge on any atom is 0.183 e. The highest BCUT2D eigenvalue weighted by Crippen LogP contribution is 2.21. The first-order valence-electron chi connectivity index (χ1n) is 6.29. The molecule has 2 rings (SSSR count). The van der Waals surface area contributed by atoms with Crippen molar-refractivity contribution in [1.82, 2.24) is 10.3 Å². The molecule has 1 aromatic heterocycles. The Labute approximate surface area is 122 Å². The number of hydrogen-bond donors (Lipinski definition) is 2. The summed E-state index contributed by atoms with van der Waals surface area (Å²) < 4.78 is 0.573. The fraction of sp³-hybridized carbons (Fsp3) is 0.357. The minimum atomic E-state index is 0.220. The fourth-order valence-corrected chi connectivity index (χ4v) is 2.89. The van der Waals surface area contributed by atoms with E-state index in [-0.39, 0.29) is 12.6 Å². The number of rotatable bonds is 7. The molecule has 0 aliphatic heterocycles. The van der Waals surface area contributed by atoms with Crippen molar-refractivity contribution in [2.24, 2.45) is 0 Å². The number of nitrogens with zero attached hydrogens (tertiary/aromatic N) is 1. The quantitative estimate of drug-likeness (QED) is 0.823. The molecule has 1 unspecified atom stereocenters. The molecular formula is C14H17ClN2OS. The Morgan fingerprint density at radius 1 is 1.32 bits per heavy atom. The molecule has 102 valence electrons. The summed E-state index contributed by atoms with van der Waals surface area (Å²) in [7, 11) is 0. The highest BCUT2D eigenvalue weighted by molar-refractivity contribution is 7.15. The monoisotopic (exact) mass is 296 g/mol. The average Bonchev–Trinajstić information content (AvgIpc) is 2.86. The normalized spacial score (nSPS) is 12.5. The van der Waals surface area contributed by atoms with E-state index < -0.39 is 0 Å². The second-order valence-electron chi connectivity index (χ2n) is 4.29. The summed E-state index contributed by atoms with van der Waals surface area (Å²) in [5, 5.41) is 12.5. The van der Waals surface area contributed by atoms with Crippen molar-refractivity contribution >= 4 is 22.9 Å². The van der Waals surface area contributed by atoms with Crippen LogP contribution in [0.25, 0.3) is 0 Å². The van der Waals surface area contributed by atoms with Crippen molar-refractivity contribution in [1.29, 1.82) is 0 Å². The van der Waals surface area contributed by atoms with Crippen LogP contribution in [0.4, 0.5) is 0 Å². The van der Waals surface area contributed by atoms with Crippen molar-refractivity contribution in [2.75, 3.05) is 6.61 Å². The summed E-state index contributed by atoms with van der Waals surface area (Å²) in [4.78, 5) is 5.15. The average molecular weight is 297 g/mol. The lowest BCUT2D eigenvalue weighted by Gasteiger charge is -2.18. The van der Waals surface area contributed by atoms with Gasteiger partial charge in [-0.15, -0.1) is 11.3 Å². The van der Waals surface area contributed by atoms with E-state index in [0.717, 1.165) is 24.3 Å². The maximum atomic E-state index is 9.00. The van der Waals surface area contributed by atoms with Crippen molar-refractivity contribution in [3.8, 4) is 0 Å². The number of thiazole rings is 1. The van der Waals surface area contributed by atoms with Gasteiger partial charge in [-0.05, 0) is 18.4 Å². The largest absolute Gasteiger partial charge is 0.396 e.